The van der Waals surface area contributed by atoms with Crippen molar-refractivity contribution in [3.05, 3.63) is 23.0 Å². The average molecular weight is 271 g/mol. The second kappa shape index (κ2) is 4.94. The van der Waals surface area contributed by atoms with Gasteiger partial charge in [-0.25, -0.2) is 4.79 Å². The van der Waals surface area contributed by atoms with E-state index in [9.17, 15) is 9.90 Å². The van der Waals surface area contributed by atoms with Crippen molar-refractivity contribution in [2.24, 2.45) is 0 Å². The lowest BCUT2D eigenvalue weighted by molar-refractivity contribution is 0.0675. The minimum absolute atomic E-state index is 0.0621. The molecule has 2 rings (SSSR count). The first-order valence-electron chi connectivity index (χ1n) is 6.21. The van der Waals surface area contributed by atoms with Gasteiger partial charge < -0.3 is 14.6 Å². The van der Waals surface area contributed by atoms with Gasteiger partial charge in [0.2, 0.25) is 0 Å². The van der Waals surface area contributed by atoms with Gasteiger partial charge in [0.1, 0.15) is 5.69 Å². The Morgan fingerprint density at radius 2 is 2.11 bits per heavy atom. The van der Waals surface area contributed by atoms with Crippen molar-refractivity contribution in [1.29, 1.82) is 0 Å². The molecule has 0 amide bonds. The number of likely N-dealkylation sites (N-methyl/N-ethyl adjacent to an activating group) is 1. The van der Waals surface area contributed by atoms with Crippen LogP contribution in [-0.4, -0.2) is 40.2 Å². The largest absolute Gasteiger partial charge is 0.477 e. The third kappa shape index (κ3) is 2.40. The maximum atomic E-state index is 11.2. The van der Waals surface area contributed by atoms with Crippen LogP contribution >= 0.6 is 11.6 Å². The van der Waals surface area contributed by atoms with Gasteiger partial charge in [-0.15, -0.1) is 0 Å². The lowest BCUT2D eigenvalue weighted by atomic mass is 9.96. The SMILES string of the molecule is CN(C)C1(Cn2cc(Cl)cc2C(=O)O)CCCC1. The number of carboxylic acid groups (broad SMARTS) is 1. The van der Waals surface area contributed by atoms with Gasteiger partial charge in [0.25, 0.3) is 0 Å². The Hall–Kier alpha value is -1.00. The maximum Gasteiger partial charge on any atom is 0.352 e. The molecule has 0 aromatic carbocycles. The topological polar surface area (TPSA) is 45.5 Å². The first-order chi connectivity index (χ1) is 8.44. The van der Waals surface area contributed by atoms with Crippen LogP contribution in [0.1, 0.15) is 36.2 Å². The smallest absolute Gasteiger partial charge is 0.352 e. The second-order valence-corrected chi connectivity index (χ2v) is 5.74. The van der Waals surface area contributed by atoms with Gasteiger partial charge in [-0.05, 0) is 33.0 Å². The van der Waals surface area contributed by atoms with E-state index in [4.69, 9.17) is 11.6 Å². The molecule has 100 valence electrons. The van der Waals surface area contributed by atoms with Crippen molar-refractivity contribution in [2.45, 2.75) is 37.8 Å². The zero-order chi connectivity index (χ0) is 13.3. The highest BCUT2D eigenvalue weighted by atomic mass is 35.5. The molecule has 0 bridgehead atoms. The van der Waals surface area contributed by atoms with Crippen LogP contribution in [0.15, 0.2) is 12.3 Å². The van der Waals surface area contributed by atoms with Crippen LogP contribution in [0.25, 0.3) is 0 Å². The summed E-state index contributed by atoms with van der Waals surface area (Å²) in [6.07, 6.45) is 6.34. The minimum atomic E-state index is -0.922. The Morgan fingerprint density at radius 1 is 1.50 bits per heavy atom. The monoisotopic (exact) mass is 270 g/mol. The molecule has 1 saturated carbocycles. The highest BCUT2D eigenvalue weighted by molar-refractivity contribution is 6.30. The molecule has 0 unspecified atom stereocenters. The normalized spacial score (nSPS) is 18.4. The fourth-order valence-corrected chi connectivity index (χ4v) is 3.10. The summed E-state index contributed by atoms with van der Waals surface area (Å²) in [7, 11) is 4.13. The van der Waals surface area contributed by atoms with Gasteiger partial charge in [0.05, 0.1) is 5.02 Å². The van der Waals surface area contributed by atoms with Crippen LogP contribution in [0.4, 0.5) is 0 Å². The summed E-state index contributed by atoms with van der Waals surface area (Å²) < 4.78 is 1.77. The lowest BCUT2D eigenvalue weighted by Gasteiger charge is -2.37. The highest BCUT2D eigenvalue weighted by Gasteiger charge is 2.37. The first kappa shape index (κ1) is 13.4. The van der Waals surface area contributed by atoms with E-state index in [0.717, 1.165) is 12.8 Å². The van der Waals surface area contributed by atoms with E-state index in [1.807, 2.05) is 0 Å². The molecule has 1 heterocycles. The third-order valence-corrected chi connectivity index (χ3v) is 4.24. The number of aromatic nitrogens is 1. The molecule has 18 heavy (non-hydrogen) atoms. The summed E-state index contributed by atoms with van der Waals surface area (Å²) in [5, 5.41) is 9.67. The number of carbonyl (C=O) groups is 1. The summed E-state index contributed by atoms with van der Waals surface area (Å²) in [6.45, 7) is 0.689. The molecule has 5 heteroatoms. The first-order valence-corrected chi connectivity index (χ1v) is 6.59. The predicted molar refractivity (Wildman–Crippen MR) is 71.3 cm³/mol. The third-order valence-electron chi connectivity index (χ3n) is 4.03. The van der Waals surface area contributed by atoms with Crippen LogP contribution in [0.3, 0.4) is 0 Å². The average Bonchev–Trinajstić information content (AvgIpc) is 2.86. The number of hydrogen-bond acceptors (Lipinski definition) is 2. The molecule has 0 radical (unpaired) electrons. The van der Waals surface area contributed by atoms with Gasteiger partial charge in [0, 0.05) is 18.3 Å². The van der Waals surface area contributed by atoms with Crippen LogP contribution in [0, 0.1) is 0 Å². The lowest BCUT2D eigenvalue weighted by Crippen LogP contribution is -2.45. The molecule has 0 saturated heterocycles. The summed E-state index contributed by atoms with van der Waals surface area (Å²) in [6, 6.07) is 1.52. The highest BCUT2D eigenvalue weighted by Crippen LogP contribution is 2.36. The van der Waals surface area contributed by atoms with Gasteiger partial charge >= 0.3 is 5.97 Å². The Bertz CT molecular complexity index is 448. The van der Waals surface area contributed by atoms with Gasteiger partial charge in [-0.1, -0.05) is 24.4 Å². The molecule has 0 atom stereocenters. The zero-order valence-electron chi connectivity index (χ0n) is 10.8. The Balaban J connectivity index is 2.29. The van der Waals surface area contributed by atoms with Crippen LogP contribution in [0.2, 0.25) is 5.02 Å². The van der Waals surface area contributed by atoms with E-state index >= 15 is 0 Å². The molecule has 1 aromatic heterocycles. The quantitative estimate of drug-likeness (QED) is 0.915. The predicted octanol–water partition coefficient (Wildman–Crippen LogP) is 2.71. The van der Waals surface area contributed by atoms with Crippen molar-refractivity contribution in [3.63, 3.8) is 0 Å². The van der Waals surface area contributed by atoms with E-state index in [2.05, 4.69) is 19.0 Å². The van der Waals surface area contributed by atoms with Gasteiger partial charge in [-0.2, -0.15) is 0 Å². The van der Waals surface area contributed by atoms with E-state index in [0.29, 0.717) is 11.6 Å². The molecule has 1 N–H and O–H groups in total. The number of nitrogens with zero attached hydrogens (tertiary/aromatic N) is 2. The molecule has 1 aromatic rings. The number of carboxylic acids is 1. The number of aromatic carboxylic acids is 1. The van der Waals surface area contributed by atoms with Crippen molar-refractivity contribution in [2.75, 3.05) is 14.1 Å². The fraction of sp³-hybridized carbons (Fsp3) is 0.615. The van der Waals surface area contributed by atoms with E-state index in [1.165, 1.54) is 18.9 Å². The van der Waals surface area contributed by atoms with Crippen LogP contribution in [-0.2, 0) is 6.54 Å². The molecule has 4 nitrogen and oxygen atoms in total. The Labute approximate surface area is 112 Å². The Kier molecular flexibility index (Phi) is 3.69. The van der Waals surface area contributed by atoms with Crippen LogP contribution < -0.4 is 0 Å². The zero-order valence-corrected chi connectivity index (χ0v) is 11.6. The van der Waals surface area contributed by atoms with Crippen molar-refractivity contribution < 1.29 is 9.90 Å². The number of halogens is 1. The van der Waals surface area contributed by atoms with E-state index < -0.39 is 5.97 Å². The van der Waals surface area contributed by atoms with Crippen LogP contribution in [0.5, 0.6) is 0 Å². The molecular weight excluding hydrogens is 252 g/mol. The standard InChI is InChI=1S/C13H19ClN2O2/c1-15(2)13(5-3-4-6-13)9-16-8-10(14)7-11(16)12(17)18/h7-8H,3-6,9H2,1-2H3,(H,17,18). The second-order valence-electron chi connectivity index (χ2n) is 5.30. The molecular formula is C13H19ClN2O2. The molecule has 1 aliphatic carbocycles. The minimum Gasteiger partial charge on any atom is -0.477 e. The summed E-state index contributed by atoms with van der Waals surface area (Å²) >= 11 is 5.92. The summed E-state index contributed by atoms with van der Waals surface area (Å²) in [5.41, 5.74) is 0.333. The van der Waals surface area contributed by atoms with Crippen molar-refractivity contribution in [1.82, 2.24) is 9.47 Å². The molecule has 0 aliphatic heterocycles. The van der Waals surface area contributed by atoms with Crippen molar-refractivity contribution in [3.8, 4) is 0 Å². The molecule has 0 spiro atoms. The fourth-order valence-electron chi connectivity index (χ4n) is 2.88. The van der Waals surface area contributed by atoms with E-state index in [-0.39, 0.29) is 11.2 Å². The summed E-state index contributed by atoms with van der Waals surface area (Å²) in [4.78, 5) is 13.4. The van der Waals surface area contributed by atoms with Crippen molar-refractivity contribution >= 4 is 17.6 Å². The molecule has 1 fully saturated rings. The Morgan fingerprint density at radius 3 is 2.61 bits per heavy atom. The molecule has 1 aliphatic rings. The maximum absolute atomic E-state index is 11.2. The van der Waals surface area contributed by atoms with E-state index in [1.54, 1.807) is 10.8 Å². The summed E-state index contributed by atoms with van der Waals surface area (Å²) in [5.74, 6) is -0.922. The number of rotatable bonds is 4. The van der Waals surface area contributed by atoms with Gasteiger partial charge in [-0.3, -0.25) is 0 Å². The number of hydrogen-bond donors (Lipinski definition) is 1. The van der Waals surface area contributed by atoms with Gasteiger partial charge in [0.15, 0.2) is 0 Å².